The Morgan fingerprint density at radius 2 is 1.95 bits per heavy atom. The van der Waals surface area contributed by atoms with Gasteiger partial charge in [-0.3, -0.25) is 0 Å². The van der Waals surface area contributed by atoms with E-state index in [9.17, 15) is 4.39 Å². The van der Waals surface area contributed by atoms with Crippen molar-refractivity contribution in [2.24, 2.45) is 10.9 Å². The number of hydrazone groups is 1. The van der Waals surface area contributed by atoms with Crippen molar-refractivity contribution >= 4 is 17.8 Å². The normalized spacial score (nSPS) is 10.8. The molecule has 0 spiro atoms. The topological polar surface area (TPSA) is 47.6 Å². The number of halogens is 2. The lowest BCUT2D eigenvalue weighted by Crippen LogP contribution is -1.99. The standard InChI is InChI=1S/C14H12ClFN2O/c15-13-3-1-2-11(14(13)16)9-19-12-6-4-10(5-7-12)8-18-17/h1-8H,9,17H2. The lowest BCUT2D eigenvalue weighted by Gasteiger charge is -2.08. The summed E-state index contributed by atoms with van der Waals surface area (Å²) in [5.41, 5.74) is 1.28. The van der Waals surface area contributed by atoms with Gasteiger partial charge in [-0.1, -0.05) is 23.7 Å². The zero-order valence-electron chi connectivity index (χ0n) is 10.0. The fourth-order valence-corrected chi connectivity index (χ4v) is 1.75. The summed E-state index contributed by atoms with van der Waals surface area (Å²) in [7, 11) is 0. The average molecular weight is 279 g/mol. The van der Waals surface area contributed by atoms with Crippen LogP contribution in [0.15, 0.2) is 47.6 Å². The van der Waals surface area contributed by atoms with Crippen LogP contribution in [0, 0.1) is 5.82 Å². The van der Waals surface area contributed by atoms with Crippen LogP contribution >= 0.6 is 11.6 Å². The molecule has 0 atom stereocenters. The van der Waals surface area contributed by atoms with Crippen molar-refractivity contribution in [3.8, 4) is 5.75 Å². The molecule has 0 radical (unpaired) electrons. The molecule has 0 fully saturated rings. The minimum absolute atomic E-state index is 0.0932. The van der Waals surface area contributed by atoms with Gasteiger partial charge in [-0.05, 0) is 35.9 Å². The molecule has 3 nitrogen and oxygen atoms in total. The van der Waals surface area contributed by atoms with E-state index < -0.39 is 5.82 Å². The van der Waals surface area contributed by atoms with Crippen molar-refractivity contribution in [1.82, 2.24) is 0 Å². The molecule has 0 heterocycles. The molecule has 0 unspecified atom stereocenters. The maximum Gasteiger partial charge on any atom is 0.148 e. The highest BCUT2D eigenvalue weighted by molar-refractivity contribution is 6.30. The Hall–Kier alpha value is -2.07. The number of benzene rings is 2. The zero-order valence-corrected chi connectivity index (χ0v) is 10.8. The molecular formula is C14H12ClFN2O. The van der Waals surface area contributed by atoms with E-state index in [0.717, 1.165) is 5.56 Å². The summed E-state index contributed by atoms with van der Waals surface area (Å²) in [4.78, 5) is 0. The Kier molecular flexibility index (Phi) is 4.36. The van der Waals surface area contributed by atoms with E-state index in [-0.39, 0.29) is 11.6 Å². The van der Waals surface area contributed by atoms with Gasteiger partial charge in [0.1, 0.15) is 18.2 Å². The van der Waals surface area contributed by atoms with Crippen LogP contribution in [0.2, 0.25) is 5.02 Å². The van der Waals surface area contributed by atoms with E-state index in [1.165, 1.54) is 12.3 Å². The lowest BCUT2D eigenvalue weighted by molar-refractivity contribution is 0.300. The van der Waals surface area contributed by atoms with Gasteiger partial charge in [0.2, 0.25) is 0 Å². The van der Waals surface area contributed by atoms with Gasteiger partial charge in [-0.25, -0.2) is 4.39 Å². The van der Waals surface area contributed by atoms with Gasteiger partial charge < -0.3 is 10.6 Å². The van der Waals surface area contributed by atoms with Crippen LogP contribution in [0.4, 0.5) is 4.39 Å². The number of ether oxygens (including phenoxy) is 1. The van der Waals surface area contributed by atoms with Crippen molar-refractivity contribution in [3.63, 3.8) is 0 Å². The molecule has 0 aromatic heterocycles. The first-order valence-corrected chi connectivity index (χ1v) is 5.97. The quantitative estimate of drug-likeness (QED) is 0.530. The smallest absolute Gasteiger partial charge is 0.148 e. The molecule has 2 rings (SSSR count). The van der Waals surface area contributed by atoms with Crippen molar-refractivity contribution < 1.29 is 9.13 Å². The van der Waals surface area contributed by atoms with Gasteiger partial charge in [-0.2, -0.15) is 5.10 Å². The molecule has 19 heavy (non-hydrogen) atoms. The van der Waals surface area contributed by atoms with Gasteiger partial charge in [-0.15, -0.1) is 0 Å². The van der Waals surface area contributed by atoms with Crippen molar-refractivity contribution in [3.05, 3.63) is 64.4 Å². The molecule has 0 aliphatic rings. The Balaban J connectivity index is 2.04. The van der Waals surface area contributed by atoms with Gasteiger partial charge in [0.15, 0.2) is 0 Å². The van der Waals surface area contributed by atoms with Crippen LogP contribution in [0.1, 0.15) is 11.1 Å². The van der Waals surface area contributed by atoms with Crippen LogP contribution < -0.4 is 10.6 Å². The third kappa shape index (κ3) is 3.45. The first-order valence-electron chi connectivity index (χ1n) is 5.59. The number of nitrogens with two attached hydrogens (primary N) is 1. The third-order valence-electron chi connectivity index (χ3n) is 2.53. The zero-order chi connectivity index (χ0) is 13.7. The molecular weight excluding hydrogens is 267 g/mol. The minimum Gasteiger partial charge on any atom is -0.489 e. The first-order chi connectivity index (χ1) is 9.20. The molecule has 98 valence electrons. The van der Waals surface area contributed by atoms with E-state index in [0.29, 0.717) is 11.3 Å². The average Bonchev–Trinajstić information content (AvgIpc) is 2.42. The molecule has 0 aliphatic heterocycles. The third-order valence-corrected chi connectivity index (χ3v) is 2.82. The maximum absolute atomic E-state index is 13.6. The molecule has 0 saturated heterocycles. The molecule has 2 aromatic rings. The van der Waals surface area contributed by atoms with Crippen LogP contribution in [-0.4, -0.2) is 6.21 Å². The molecule has 0 amide bonds. The van der Waals surface area contributed by atoms with E-state index in [1.54, 1.807) is 36.4 Å². The van der Waals surface area contributed by atoms with Gasteiger partial charge >= 0.3 is 0 Å². The lowest BCUT2D eigenvalue weighted by atomic mass is 10.2. The number of nitrogens with zero attached hydrogens (tertiary/aromatic N) is 1. The number of rotatable bonds is 4. The summed E-state index contributed by atoms with van der Waals surface area (Å²) in [5.74, 6) is 5.23. The van der Waals surface area contributed by atoms with Gasteiger partial charge in [0, 0.05) is 5.56 Å². The Morgan fingerprint density at radius 3 is 2.63 bits per heavy atom. The summed E-state index contributed by atoms with van der Waals surface area (Å²) in [6.45, 7) is 0.122. The predicted molar refractivity (Wildman–Crippen MR) is 74.0 cm³/mol. The first kappa shape index (κ1) is 13.4. The largest absolute Gasteiger partial charge is 0.489 e. The SMILES string of the molecule is NN=Cc1ccc(OCc2cccc(Cl)c2F)cc1. The van der Waals surface area contributed by atoms with Gasteiger partial charge in [0.25, 0.3) is 0 Å². The predicted octanol–water partition coefficient (Wildman–Crippen LogP) is 3.35. The maximum atomic E-state index is 13.6. The second-order valence-corrected chi connectivity index (χ2v) is 4.26. The molecule has 5 heteroatoms. The van der Waals surface area contributed by atoms with Crippen molar-refractivity contribution in [2.45, 2.75) is 6.61 Å². The van der Waals surface area contributed by atoms with Crippen LogP contribution in [0.25, 0.3) is 0 Å². The summed E-state index contributed by atoms with van der Waals surface area (Å²) < 4.78 is 19.1. The summed E-state index contributed by atoms with van der Waals surface area (Å²) in [6, 6.07) is 12.0. The highest BCUT2D eigenvalue weighted by Gasteiger charge is 2.06. The summed E-state index contributed by atoms with van der Waals surface area (Å²) in [6.07, 6.45) is 1.53. The number of hydrogen-bond donors (Lipinski definition) is 1. The van der Waals surface area contributed by atoms with Gasteiger partial charge in [0.05, 0.1) is 11.2 Å². The minimum atomic E-state index is -0.448. The Morgan fingerprint density at radius 1 is 1.21 bits per heavy atom. The molecule has 0 bridgehead atoms. The second-order valence-electron chi connectivity index (χ2n) is 3.85. The fraction of sp³-hybridized carbons (Fsp3) is 0.0714. The van der Waals surface area contributed by atoms with Crippen LogP contribution in [-0.2, 0) is 6.61 Å². The van der Waals surface area contributed by atoms with Crippen LogP contribution in [0.5, 0.6) is 5.75 Å². The van der Waals surface area contributed by atoms with E-state index >= 15 is 0 Å². The highest BCUT2D eigenvalue weighted by Crippen LogP contribution is 2.20. The molecule has 0 saturated carbocycles. The van der Waals surface area contributed by atoms with E-state index in [2.05, 4.69) is 5.10 Å². The molecule has 2 N–H and O–H groups in total. The Labute approximate surface area is 115 Å². The van der Waals surface area contributed by atoms with E-state index in [1.807, 2.05) is 0 Å². The molecule has 0 aliphatic carbocycles. The summed E-state index contributed by atoms with van der Waals surface area (Å²) in [5, 5.41) is 3.51. The second kappa shape index (κ2) is 6.20. The Bertz CT molecular complexity index is 584. The van der Waals surface area contributed by atoms with E-state index in [4.69, 9.17) is 22.2 Å². The van der Waals surface area contributed by atoms with Crippen LogP contribution in [0.3, 0.4) is 0 Å². The number of hydrogen-bond acceptors (Lipinski definition) is 3. The monoisotopic (exact) mass is 278 g/mol. The summed E-state index contributed by atoms with van der Waals surface area (Å²) >= 11 is 5.69. The highest BCUT2D eigenvalue weighted by atomic mass is 35.5. The molecule has 2 aromatic carbocycles. The van der Waals surface area contributed by atoms with Crippen molar-refractivity contribution in [1.29, 1.82) is 0 Å². The fourth-order valence-electron chi connectivity index (χ4n) is 1.56. The van der Waals surface area contributed by atoms with Crippen molar-refractivity contribution in [2.75, 3.05) is 0 Å².